The first-order valence-electron chi connectivity index (χ1n) is 9.00. The lowest BCUT2D eigenvalue weighted by molar-refractivity contribution is -0.118. The van der Waals surface area contributed by atoms with Crippen LogP contribution in [0.2, 0.25) is 0 Å². The summed E-state index contributed by atoms with van der Waals surface area (Å²) in [6, 6.07) is 21.2. The average Bonchev–Trinajstić information content (AvgIpc) is 2.94. The number of nitrogens with zero attached hydrogens (tertiary/aromatic N) is 2. The minimum absolute atomic E-state index is 0.0244. The lowest BCUT2D eigenvalue weighted by Crippen LogP contribution is -2.40. The fraction of sp³-hybridized carbons (Fsp3) is 0.130. The molecule has 0 N–H and O–H groups in total. The van der Waals surface area contributed by atoms with Gasteiger partial charge >= 0.3 is 0 Å². The molecule has 0 aromatic heterocycles. The Morgan fingerprint density at radius 3 is 2.37 bits per heavy atom. The number of fused-ring (bicyclic) bond motifs is 2. The molecule has 0 atom stereocenters. The van der Waals surface area contributed by atoms with E-state index in [-0.39, 0.29) is 18.4 Å². The van der Waals surface area contributed by atoms with E-state index in [0.29, 0.717) is 17.8 Å². The largest absolute Gasteiger partial charge is 0.311 e. The fourth-order valence-corrected chi connectivity index (χ4v) is 3.65. The van der Waals surface area contributed by atoms with E-state index >= 15 is 0 Å². The molecule has 3 aromatic carbocycles. The van der Waals surface area contributed by atoms with Crippen molar-refractivity contribution in [2.75, 3.05) is 18.0 Å². The van der Waals surface area contributed by atoms with Crippen LogP contribution in [-0.4, -0.2) is 29.8 Å². The first kappa shape index (κ1) is 17.0. The molecule has 0 bridgehead atoms. The molecule has 0 fully saturated rings. The molecule has 2 amide bonds. The van der Waals surface area contributed by atoms with Crippen LogP contribution in [0.1, 0.15) is 22.8 Å². The lowest BCUT2D eigenvalue weighted by Gasteiger charge is -2.26. The Bertz CT molecular complexity index is 1030. The molecule has 4 nitrogen and oxygen atoms in total. The van der Waals surface area contributed by atoms with Crippen LogP contribution in [0, 0.1) is 0 Å². The van der Waals surface area contributed by atoms with Crippen LogP contribution in [0.5, 0.6) is 0 Å². The smallest absolute Gasteiger partial charge is 0.259 e. The topological polar surface area (TPSA) is 40.6 Å². The van der Waals surface area contributed by atoms with E-state index in [1.54, 1.807) is 11.0 Å². The highest BCUT2D eigenvalue weighted by molar-refractivity contribution is 6.12. The minimum atomic E-state index is -0.169. The molecule has 4 rings (SSSR count). The predicted octanol–water partition coefficient (Wildman–Crippen LogP) is 4.32. The summed E-state index contributed by atoms with van der Waals surface area (Å²) in [5, 5.41) is 2.10. The summed E-state index contributed by atoms with van der Waals surface area (Å²) in [5.74, 6) is -0.297. The summed E-state index contributed by atoms with van der Waals surface area (Å²) in [4.78, 5) is 29.0. The monoisotopic (exact) mass is 356 g/mol. The molecular weight excluding hydrogens is 336 g/mol. The quantitative estimate of drug-likeness (QED) is 0.698. The molecule has 134 valence electrons. The van der Waals surface area contributed by atoms with Gasteiger partial charge < -0.3 is 4.90 Å². The molecule has 4 heteroatoms. The Kier molecular flexibility index (Phi) is 4.24. The summed E-state index contributed by atoms with van der Waals surface area (Å²) in [7, 11) is 0. The number of anilines is 1. The number of carbonyl (C=O) groups excluding carboxylic acids is 2. The third-order valence-electron chi connectivity index (χ3n) is 5.01. The first-order valence-corrected chi connectivity index (χ1v) is 9.00. The van der Waals surface area contributed by atoms with Gasteiger partial charge in [-0.3, -0.25) is 14.5 Å². The molecule has 0 unspecified atom stereocenters. The number of rotatable bonds is 4. The highest BCUT2D eigenvalue weighted by atomic mass is 16.2. The standard InChI is InChI=1S/C23H20N2O2/c1-3-24(21-14-8-10-17-9-4-5-12-19(17)21)22(26)15-25-16(2)18-11-6-7-13-20(18)23(25)27/h4-14H,2-3,15H2,1H3. The Morgan fingerprint density at radius 2 is 1.63 bits per heavy atom. The lowest BCUT2D eigenvalue weighted by atomic mass is 10.1. The first-order chi connectivity index (χ1) is 13.1. The van der Waals surface area contributed by atoms with Crippen LogP contribution in [0.3, 0.4) is 0 Å². The summed E-state index contributed by atoms with van der Waals surface area (Å²) in [5.41, 5.74) is 2.83. The number of amides is 2. The van der Waals surface area contributed by atoms with Crippen molar-refractivity contribution >= 4 is 34.0 Å². The summed E-state index contributed by atoms with van der Waals surface area (Å²) < 4.78 is 0. The second-order valence-electron chi connectivity index (χ2n) is 6.52. The van der Waals surface area contributed by atoms with Gasteiger partial charge in [0.1, 0.15) is 6.54 Å². The average molecular weight is 356 g/mol. The number of carbonyl (C=O) groups is 2. The van der Waals surface area contributed by atoms with Crippen LogP contribution in [0.25, 0.3) is 16.5 Å². The van der Waals surface area contributed by atoms with E-state index in [0.717, 1.165) is 22.0 Å². The molecule has 1 aliphatic rings. The zero-order chi connectivity index (χ0) is 19.0. The van der Waals surface area contributed by atoms with Gasteiger partial charge in [0, 0.05) is 28.8 Å². The van der Waals surface area contributed by atoms with Crippen LogP contribution < -0.4 is 4.90 Å². The number of benzene rings is 3. The SMILES string of the molecule is C=C1c2ccccc2C(=O)N1CC(=O)N(CC)c1cccc2ccccc12. The van der Waals surface area contributed by atoms with Gasteiger partial charge in [0.2, 0.25) is 5.91 Å². The molecule has 1 heterocycles. The molecular formula is C23H20N2O2. The third kappa shape index (κ3) is 2.79. The van der Waals surface area contributed by atoms with Crippen molar-refractivity contribution in [1.82, 2.24) is 4.90 Å². The van der Waals surface area contributed by atoms with Crippen molar-refractivity contribution in [3.63, 3.8) is 0 Å². The van der Waals surface area contributed by atoms with Crippen LogP contribution in [0.4, 0.5) is 5.69 Å². The van der Waals surface area contributed by atoms with Crippen molar-refractivity contribution in [1.29, 1.82) is 0 Å². The van der Waals surface area contributed by atoms with Gasteiger partial charge in [0.05, 0.1) is 5.69 Å². The molecule has 0 saturated heterocycles. The summed E-state index contributed by atoms with van der Waals surface area (Å²) in [6.07, 6.45) is 0. The van der Waals surface area contributed by atoms with Crippen molar-refractivity contribution in [3.8, 4) is 0 Å². The zero-order valence-electron chi connectivity index (χ0n) is 15.2. The minimum Gasteiger partial charge on any atom is -0.311 e. The van der Waals surface area contributed by atoms with E-state index in [1.807, 2.05) is 67.6 Å². The Hall–Kier alpha value is -3.40. The van der Waals surface area contributed by atoms with E-state index in [1.165, 1.54) is 4.90 Å². The molecule has 0 aliphatic carbocycles. The number of likely N-dealkylation sites (N-methyl/N-ethyl adjacent to an activating group) is 1. The third-order valence-corrected chi connectivity index (χ3v) is 5.01. The fourth-order valence-electron chi connectivity index (χ4n) is 3.65. The maximum Gasteiger partial charge on any atom is 0.259 e. The van der Waals surface area contributed by atoms with Crippen molar-refractivity contribution in [2.24, 2.45) is 0 Å². The second kappa shape index (κ2) is 6.72. The van der Waals surface area contributed by atoms with Crippen molar-refractivity contribution in [3.05, 3.63) is 84.4 Å². The second-order valence-corrected chi connectivity index (χ2v) is 6.52. The highest BCUT2D eigenvalue weighted by Gasteiger charge is 2.33. The molecule has 0 saturated carbocycles. The van der Waals surface area contributed by atoms with Gasteiger partial charge in [0.25, 0.3) is 5.91 Å². The Labute approximate surface area is 158 Å². The van der Waals surface area contributed by atoms with Crippen molar-refractivity contribution in [2.45, 2.75) is 6.92 Å². The Morgan fingerprint density at radius 1 is 0.963 bits per heavy atom. The van der Waals surface area contributed by atoms with Crippen LogP contribution in [0.15, 0.2) is 73.3 Å². The number of hydrogen-bond acceptors (Lipinski definition) is 2. The van der Waals surface area contributed by atoms with Crippen molar-refractivity contribution < 1.29 is 9.59 Å². The molecule has 27 heavy (non-hydrogen) atoms. The Balaban J connectivity index is 1.64. The normalized spacial score (nSPS) is 13.1. The molecule has 3 aromatic rings. The summed E-state index contributed by atoms with van der Waals surface area (Å²) >= 11 is 0. The van der Waals surface area contributed by atoms with Gasteiger partial charge in [0.15, 0.2) is 0 Å². The zero-order valence-corrected chi connectivity index (χ0v) is 15.2. The maximum absolute atomic E-state index is 13.1. The van der Waals surface area contributed by atoms with Gasteiger partial charge in [-0.25, -0.2) is 0 Å². The maximum atomic E-state index is 13.1. The van der Waals surface area contributed by atoms with E-state index in [9.17, 15) is 9.59 Å². The predicted molar refractivity (Wildman–Crippen MR) is 108 cm³/mol. The molecule has 1 aliphatic heterocycles. The molecule has 0 radical (unpaired) electrons. The van der Waals surface area contributed by atoms with E-state index < -0.39 is 0 Å². The van der Waals surface area contributed by atoms with Crippen LogP contribution >= 0.6 is 0 Å². The summed E-state index contributed by atoms with van der Waals surface area (Å²) in [6.45, 7) is 6.46. The number of hydrogen-bond donors (Lipinski definition) is 0. The van der Waals surface area contributed by atoms with E-state index in [4.69, 9.17) is 0 Å². The van der Waals surface area contributed by atoms with Gasteiger partial charge in [-0.15, -0.1) is 0 Å². The van der Waals surface area contributed by atoms with E-state index in [2.05, 4.69) is 6.58 Å². The van der Waals surface area contributed by atoms with Crippen LogP contribution in [-0.2, 0) is 4.79 Å². The van der Waals surface area contributed by atoms with Gasteiger partial charge in [-0.1, -0.05) is 61.2 Å². The van der Waals surface area contributed by atoms with Gasteiger partial charge in [-0.05, 0) is 24.4 Å². The highest BCUT2D eigenvalue weighted by Crippen LogP contribution is 2.32. The molecule has 0 spiro atoms. The van der Waals surface area contributed by atoms with Gasteiger partial charge in [-0.2, -0.15) is 0 Å².